The monoisotopic (exact) mass is 510 g/mol. The molecule has 1 saturated carbocycles. The molecular formula is C25H30N6O2S2. The summed E-state index contributed by atoms with van der Waals surface area (Å²) in [6.45, 7) is 0. The predicted octanol–water partition coefficient (Wildman–Crippen LogP) is 5.31. The summed E-state index contributed by atoms with van der Waals surface area (Å²) in [5.41, 5.74) is 2.22. The van der Waals surface area contributed by atoms with Gasteiger partial charge in [-0.3, -0.25) is 14.0 Å². The van der Waals surface area contributed by atoms with Crippen LogP contribution >= 0.6 is 10.8 Å². The first kappa shape index (κ1) is 24.3. The smallest absolute Gasteiger partial charge is 0.232 e. The maximum atomic E-state index is 12.9. The van der Waals surface area contributed by atoms with Gasteiger partial charge in [-0.2, -0.15) is 10.4 Å². The fourth-order valence-electron chi connectivity index (χ4n) is 5.40. The Morgan fingerprint density at radius 1 is 1.29 bits per heavy atom. The first-order valence-electron chi connectivity index (χ1n) is 12.5. The molecule has 1 aliphatic carbocycles. The fourth-order valence-corrected chi connectivity index (χ4v) is 8.89. The quantitative estimate of drug-likeness (QED) is 0.218. The molecule has 0 radical (unpaired) electrons. The van der Waals surface area contributed by atoms with Crippen LogP contribution in [0.3, 0.4) is 0 Å². The molecule has 0 aromatic carbocycles. The third kappa shape index (κ3) is 5.27. The van der Waals surface area contributed by atoms with Gasteiger partial charge in [-0.05, 0) is 44.1 Å². The van der Waals surface area contributed by atoms with Crippen molar-refractivity contribution in [2.75, 3.05) is 5.75 Å². The van der Waals surface area contributed by atoms with E-state index in [-0.39, 0.29) is 17.2 Å². The van der Waals surface area contributed by atoms with Gasteiger partial charge < -0.3 is 4.55 Å². The number of unbranched alkanes of at least 4 members (excludes halogenated alkanes) is 1. The first-order valence-corrected chi connectivity index (χ1v) is 15.2. The molecule has 2 aliphatic rings. The number of hydrogen-bond acceptors (Lipinski definition) is 7. The molecular weight excluding hydrogens is 480 g/mol. The zero-order valence-electron chi connectivity index (χ0n) is 19.7. The average molecular weight is 511 g/mol. The van der Waals surface area contributed by atoms with Gasteiger partial charge in [0.1, 0.15) is 11.6 Å². The van der Waals surface area contributed by atoms with Crippen molar-refractivity contribution in [1.82, 2.24) is 24.3 Å². The van der Waals surface area contributed by atoms with Crippen molar-refractivity contribution >= 4 is 37.9 Å². The average Bonchev–Trinajstić information content (AvgIpc) is 3.67. The van der Waals surface area contributed by atoms with E-state index in [9.17, 15) is 14.6 Å². The molecule has 10 heteroatoms. The van der Waals surface area contributed by atoms with Crippen LogP contribution in [0.25, 0.3) is 22.3 Å². The highest BCUT2D eigenvalue weighted by molar-refractivity contribution is 8.72. The number of nitriles is 1. The van der Waals surface area contributed by atoms with E-state index in [1.165, 1.54) is 19.2 Å². The molecule has 0 N–H and O–H groups in total. The van der Waals surface area contributed by atoms with E-state index in [0.29, 0.717) is 24.4 Å². The van der Waals surface area contributed by atoms with Crippen molar-refractivity contribution in [2.45, 2.75) is 75.5 Å². The Morgan fingerprint density at radius 2 is 2.14 bits per heavy atom. The van der Waals surface area contributed by atoms with Gasteiger partial charge in [0.05, 0.1) is 41.2 Å². The van der Waals surface area contributed by atoms with Gasteiger partial charge in [-0.25, -0.2) is 9.97 Å². The van der Waals surface area contributed by atoms with Crippen LogP contribution in [-0.2, 0) is 10.2 Å². The number of carbonyl (C=O) groups is 1. The van der Waals surface area contributed by atoms with Crippen LogP contribution in [0.1, 0.15) is 75.0 Å². The van der Waals surface area contributed by atoms with Crippen molar-refractivity contribution in [3.63, 3.8) is 0 Å². The normalized spacial score (nSPS) is 21.5. The van der Waals surface area contributed by atoms with Crippen LogP contribution in [0.2, 0.25) is 0 Å². The van der Waals surface area contributed by atoms with Crippen LogP contribution in [0.4, 0.5) is 0 Å². The molecule has 2 fully saturated rings. The molecule has 2 unspecified atom stereocenters. The van der Waals surface area contributed by atoms with Crippen LogP contribution in [0.5, 0.6) is 0 Å². The van der Waals surface area contributed by atoms with E-state index < -0.39 is 10.2 Å². The highest BCUT2D eigenvalue weighted by Crippen LogP contribution is 2.37. The van der Waals surface area contributed by atoms with Crippen LogP contribution < -0.4 is 0 Å². The number of aromatic nitrogens is 5. The maximum absolute atomic E-state index is 12.9. The summed E-state index contributed by atoms with van der Waals surface area (Å²) in [4.78, 5) is 21.8. The summed E-state index contributed by atoms with van der Waals surface area (Å²) in [5.74, 6) is 1.48. The summed E-state index contributed by atoms with van der Waals surface area (Å²) < 4.78 is 15.4. The molecule has 0 spiro atoms. The summed E-state index contributed by atoms with van der Waals surface area (Å²) in [5, 5.41) is 15.1. The Morgan fingerprint density at radius 3 is 2.91 bits per heavy atom. The topological polar surface area (TPSA) is 112 Å². The first-order chi connectivity index (χ1) is 17.2. The lowest BCUT2D eigenvalue weighted by molar-refractivity contribution is 0.0904. The second-order valence-corrected chi connectivity index (χ2v) is 13.0. The molecule has 0 bridgehead atoms. The minimum atomic E-state index is -0.761. The Bertz CT molecular complexity index is 1210. The number of carbonyl (C=O) groups excluding carboxylic acids is 1. The summed E-state index contributed by atoms with van der Waals surface area (Å²) in [6, 6.07) is 4.31. The minimum absolute atomic E-state index is 0.0117. The Kier molecular flexibility index (Phi) is 7.75. The van der Waals surface area contributed by atoms with E-state index in [2.05, 4.69) is 21.1 Å². The lowest BCUT2D eigenvalue weighted by Crippen LogP contribution is -2.17. The van der Waals surface area contributed by atoms with Gasteiger partial charge in [0, 0.05) is 52.1 Å². The second kappa shape index (κ2) is 11.1. The Balaban J connectivity index is 1.29. The lowest BCUT2D eigenvalue weighted by Gasteiger charge is -2.21. The van der Waals surface area contributed by atoms with E-state index in [0.717, 1.165) is 60.9 Å². The van der Waals surface area contributed by atoms with E-state index in [1.807, 2.05) is 16.9 Å². The predicted molar refractivity (Wildman–Crippen MR) is 138 cm³/mol. The summed E-state index contributed by atoms with van der Waals surface area (Å²) in [6.07, 6.45) is 16.3. The van der Waals surface area contributed by atoms with Crippen molar-refractivity contribution in [3.8, 4) is 17.3 Å². The van der Waals surface area contributed by atoms with Gasteiger partial charge in [-0.1, -0.05) is 12.8 Å². The van der Waals surface area contributed by atoms with Gasteiger partial charge >= 0.3 is 0 Å². The molecule has 1 aliphatic heterocycles. The largest absolute Gasteiger partial charge is 0.605 e. The van der Waals surface area contributed by atoms with Crippen molar-refractivity contribution in [3.05, 3.63) is 31.0 Å². The standard InChI is InChI=1S/C25H30N6O2S2/c26-12-9-22(18-5-1-2-6-18)31-16-19(15-29-31)24-21-10-13-30(25(21)28-17-27-24)23(32)8-4-3-7-20-11-14-34-35(20)33/h10,13,15-18,20,22H,1-9,11,14H2/t20-,22?,35?/m1/s1. The number of hydrogen-bond donors (Lipinski definition) is 0. The zero-order valence-corrected chi connectivity index (χ0v) is 21.3. The fraction of sp³-hybridized carbons (Fsp3) is 0.560. The van der Waals surface area contributed by atoms with Gasteiger partial charge in [0.25, 0.3) is 0 Å². The van der Waals surface area contributed by atoms with E-state index in [1.54, 1.807) is 27.8 Å². The molecule has 3 aromatic heterocycles. The molecule has 5 rings (SSSR count). The lowest BCUT2D eigenvalue weighted by atomic mass is 9.96. The third-order valence-electron chi connectivity index (χ3n) is 7.29. The Hall–Kier alpha value is -2.35. The van der Waals surface area contributed by atoms with Crippen molar-refractivity contribution in [2.24, 2.45) is 5.92 Å². The van der Waals surface area contributed by atoms with E-state index >= 15 is 0 Å². The SMILES string of the molecule is N#CCC(C1CCCC1)n1cc(-c2ncnc3c2ccn3C(=O)CCCC[C@@H]2CCS[S+]2[O-])cn1. The summed E-state index contributed by atoms with van der Waals surface area (Å²) in [7, 11) is 0.786. The maximum Gasteiger partial charge on any atom is 0.232 e. The molecule has 3 aromatic rings. The number of rotatable bonds is 9. The zero-order chi connectivity index (χ0) is 24.2. The Labute approximate surface area is 212 Å². The van der Waals surface area contributed by atoms with Gasteiger partial charge in [0.2, 0.25) is 5.91 Å². The number of fused-ring (bicyclic) bond motifs is 1. The second-order valence-electron chi connectivity index (χ2n) is 9.46. The van der Waals surface area contributed by atoms with E-state index in [4.69, 9.17) is 0 Å². The third-order valence-corrected chi connectivity index (χ3v) is 11.0. The molecule has 35 heavy (non-hydrogen) atoms. The van der Waals surface area contributed by atoms with Crippen LogP contribution in [-0.4, -0.2) is 45.8 Å². The van der Waals surface area contributed by atoms with Gasteiger partial charge in [0.15, 0.2) is 5.65 Å². The number of nitrogens with zero attached hydrogens (tertiary/aromatic N) is 6. The molecule has 184 valence electrons. The molecule has 8 nitrogen and oxygen atoms in total. The van der Waals surface area contributed by atoms with Crippen LogP contribution in [0.15, 0.2) is 31.0 Å². The minimum Gasteiger partial charge on any atom is -0.605 e. The molecule has 1 saturated heterocycles. The molecule has 0 amide bonds. The summed E-state index contributed by atoms with van der Waals surface area (Å²) >= 11 is 0. The van der Waals surface area contributed by atoms with Crippen molar-refractivity contribution < 1.29 is 9.35 Å². The highest BCUT2D eigenvalue weighted by Gasteiger charge is 2.30. The van der Waals surface area contributed by atoms with Gasteiger partial charge in [-0.15, -0.1) is 0 Å². The highest BCUT2D eigenvalue weighted by atomic mass is 33.1. The molecule has 3 atom stereocenters. The van der Waals surface area contributed by atoms with Crippen molar-refractivity contribution in [1.29, 1.82) is 5.26 Å². The molecule has 4 heterocycles. The van der Waals surface area contributed by atoms with Crippen LogP contribution in [0, 0.1) is 17.2 Å².